The number of carbonyl (C=O) groups excluding carboxylic acids is 1. The first kappa shape index (κ1) is 16.7. The van der Waals surface area contributed by atoms with E-state index in [0.29, 0.717) is 37.9 Å². The Balaban J connectivity index is 1.70. The summed E-state index contributed by atoms with van der Waals surface area (Å²) in [6, 6.07) is 7.82. The van der Waals surface area contributed by atoms with Crippen LogP contribution in [0.25, 0.3) is 0 Å². The first-order valence-electron chi connectivity index (χ1n) is 8.14. The molecule has 2 aliphatic rings. The zero-order valence-electron chi connectivity index (χ0n) is 13.1. The maximum absolute atomic E-state index is 12.6. The monoisotopic (exact) mass is 338 g/mol. The fraction of sp³-hybridized carbons (Fsp3) is 0.588. The minimum atomic E-state index is -0.366. The summed E-state index contributed by atoms with van der Waals surface area (Å²) in [4.78, 5) is 12.6. The van der Waals surface area contributed by atoms with Crippen LogP contribution in [0.3, 0.4) is 0 Å². The van der Waals surface area contributed by atoms with E-state index in [1.54, 1.807) is 0 Å². The molecule has 0 radical (unpaired) electrons. The van der Waals surface area contributed by atoms with Gasteiger partial charge in [-0.25, -0.2) is 0 Å². The van der Waals surface area contributed by atoms with Crippen molar-refractivity contribution >= 4 is 17.5 Å². The molecule has 0 spiro atoms. The summed E-state index contributed by atoms with van der Waals surface area (Å²) in [7, 11) is 0. The molecule has 1 amide bonds. The predicted molar refractivity (Wildman–Crippen MR) is 88.6 cm³/mol. The lowest BCUT2D eigenvalue weighted by atomic mass is 9.82. The zero-order valence-corrected chi connectivity index (χ0v) is 13.9. The molecule has 2 fully saturated rings. The maximum Gasteiger partial charge on any atom is 0.222 e. The van der Waals surface area contributed by atoms with Crippen molar-refractivity contribution in [1.82, 2.24) is 10.6 Å². The smallest absolute Gasteiger partial charge is 0.222 e. The highest BCUT2D eigenvalue weighted by atomic mass is 35.5. The molecule has 23 heavy (non-hydrogen) atoms. The Morgan fingerprint density at radius 2 is 1.96 bits per heavy atom. The van der Waals surface area contributed by atoms with Crippen LogP contribution in [-0.4, -0.2) is 44.9 Å². The van der Waals surface area contributed by atoms with Crippen molar-refractivity contribution < 1.29 is 14.3 Å². The molecule has 3 rings (SSSR count). The van der Waals surface area contributed by atoms with E-state index in [1.165, 1.54) is 0 Å². The van der Waals surface area contributed by atoms with E-state index in [0.717, 1.165) is 24.9 Å². The Labute approximate surface area is 141 Å². The summed E-state index contributed by atoms with van der Waals surface area (Å²) >= 11 is 6.00. The number of hydrogen-bond donors (Lipinski definition) is 2. The first-order valence-corrected chi connectivity index (χ1v) is 8.52. The van der Waals surface area contributed by atoms with E-state index in [9.17, 15) is 4.79 Å². The number of nitrogens with one attached hydrogen (secondary N) is 2. The molecule has 1 unspecified atom stereocenters. The second-order valence-corrected chi connectivity index (χ2v) is 6.62. The molecule has 1 atom stereocenters. The second kappa shape index (κ2) is 7.62. The lowest BCUT2D eigenvalue weighted by molar-refractivity contribution is -0.125. The molecule has 0 aliphatic carbocycles. The van der Waals surface area contributed by atoms with Crippen molar-refractivity contribution in [2.75, 3.05) is 33.0 Å². The average Bonchev–Trinajstić information content (AvgIpc) is 2.57. The van der Waals surface area contributed by atoms with Crippen molar-refractivity contribution in [3.05, 3.63) is 34.9 Å². The molecule has 126 valence electrons. The van der Waals surface area contributed by atoms with Crippen LogP contribution in [0.4, 0.5) is 0 Å². The first-order chi connectivity index (χ1) is 11.2. The van der Waals surface area contributed by atoms with Gasteiger partial charge < -0.3 is 20.1 Å². The second-order valence-electron chi connectivity index (χ2n) is 6.18. The molecular formula is C17H23ClN2O3. The van der Waals surface area contributed by atoms with Crippen molar-refractivity contribution in [3.8, 4) is 0 Å². The van der Waals surface area contributed by atoms with Crippen LogP contribution in [0.5, 0.6) is 0 Å². The lowest BCUT2D eigenvalue weighted by Crippen LogP contribution is -2.52. The molecule has 5 nitrogen and oxygen atoms in total. The van der Waals surface area contributed by atoms with Crippen molar-refractivity contribution in [3.63, 3.8) is 0 Å². The molecule has 0 saturated carbocycles. The summed E-state index contributed by atoms with van der Waals surface area (Å²) in [6.07, 6.45) is 1.97. The summed E-state index contributed by atoms with van der Waals surface area (Å²) in [5.41, 5.74) is 0.724. The topological polar surface area (TPSA) is 59.6 Å². The van der Waals surface area contributed by atoms with Crippen LogP contribution in [0, 0.1) is 0 Å². The highest BCUT2D eigenvalue weighted by molar-refractivity contribution is 6.30. The van der Waals surface area contributed by atoms with E-state index in [1.807, 2.05) is 24.3 Å². The molecular weight excluding hydrogens is 316 g/mol. The van der Waals surface area contributed by atoms with Gasteiger partial charge in [-0.1, -0.05) is 23.7 Å². The molecule has 0 bridgehead atoms. The van der Waals surface area contributed by atoms with Crippen molar-refractivity contribution in [2.45, 2.75) is 30.8 Å². The van der Waals surface area contributed by atoms with E-state index >= 15 is 0 Å². The summed E-state index contributed by atoms with van der Waals surface area (Å²) in [5, 5.41) is 7.28. The minimum absolute atomic E-state index is 0.0462. The Bertz CT molecular complexity index is 523. The van der Waals surface area contributed by atoms with Gasteiger partial charge in [-0.05, 0) is 30.5 Å². The van der Waals surface area contributed by atoms with E-state index in [2.05, 4.69) is 10.6 Å². The SMILES string of the molecule is O=C(CC1COCCN1)NC1(c2ccc(Cl)cc2)CCOCC1. The van der Waals surface area contributed by atoms with Gasteiger partial charge in [0.15, 0.2) is 0 Å². The van der Waals surface area contributed by atoms with Gasteiger partial charge in [0.1, 0.15) is 0 Å². The summed E-state index contributed by atoms with van der Waals surface area (Å²) in [5.74, 6) is 0.0462. The molecule has 6 heteroatoms. The van der Waals surface area contributed by atoms with Crippen molar-refractivity contribution in [2.24, 2.45) is 0 Å². The Morgan fingerprint density at radius 3 is 2.61 bits per heavy atom. The van der Waals surface area contributed by atoms with Crippen LogP contribution in [0.2, 0.25) is 5.02 Å². The number of rotatable bonds is 4. The molecule has 1 aromatic rings. The molecule has 2 saturated heterocycles. The van der Waals surface area contributed by atoms with Gasteiger partial charge in [0.05, 0.1) is 18.8 Å². The van der Waals surface area contributed by atoms with Gasteiger partial charge in [0.25, 0.3) is 0 Å². The van der Waals surface area contributed by atoms with Gasteiger partial charge in [-0.3, -0.25) is 4.79 Å². The third-order valence-corrected chi connectivity index (χ3v) is 4.80. The minimum Gasteiger partial charge on any atom is -0.381 e. The van der Waals surface area contributed by atoms with Gasteiger partial charge in [0.2, 0.25) is 5.91 Å². The summed E-state index contributed by atoms with van der Waals surface area (Å²) < 4.78 is 10.9. The van der Waals surface area contributed by atoms with Gasteiger partial charge in [0, 0.05) is 37.2 Å². The predicted octanol–water partition coefficient (Wildman–Crippen LogP) is 1.84. The van der Waals surface area contributed by atoms with E-state index < -0.39 is 0 Å². The third-order valence-electron chi connectivity index (χ3n) is 4.55. The quantitative estimate of drug-likeness (QED) is 0.879. The number of amides is 1. The number of carbonyl (C=O) groups is 1. The van der Waals surface area contributed by atoms with Crippen LogP contribution in [-0.2, 0) is 19.8 Å². The Hall–Kier alpha value is -1.14. The standard InChI is InChI=1S/C17H23ClN2O3/c18-14-3-1-13(2-4-14)17(5-8-22-9-6-17)20-16(21)11-15-12-23-10-7-19-15/h1-4,15,19H,5-12H2,(H,20,21). The number of morpholine rings is 1. The van der Waals surface area contributed by atoms with E-state index in [4.69, 9.17) is 21.1 Å². The number of ether oxygens (including phenoxy) is 2. The Kier molecular flexibility index (Phi) is 5.54. The third kappa shape index (κ3) is 4.23. The van der Waals surface area contributed by atoms with Crippen LogP contribution in [0.15, 0.2) is 24.3 Å². The van der Waals surface area contributed by atoms with Gasteiger partial charge >= 0.3 is 0 Å². The zero-order chi connectivity index (χ0) is 16.1. The molecule has 2 N–H and O–H groups in total. The molecule has 2 heterocycles. The summed E-state index contributed by atoms with van der Waals surface area (Å²) in [6.45, 7) is 3.39. The number of benzene rings is 1. The largest absolute Gasteiger partial charge is 0.381 e. The lowest BCUT2D eigenvalue weighted by Gasteiger charge is -2.39. The Morgan fingerprint density at radius 1 is 1.22 bits per heavy atom. The maximum atomic E-state index is 12.6. The highest BCUT2D eigenvalue weighted by Crippen LogP contribution is 2.33. The molecule has 0 aromatic heterocycles. The molecule has 2 aliphatic heterocycles. The normalized spacial score (nSPS) is 24.1. The van der Waals surface area contributed by atoms with Crippen LogP contribution in [0.1, 0.15) is 24.8 Å². The van der Waals surface area contributed by atoms with Gasteiger partial charge in [-0.15, -0.1) is 0 Å². The number of hydrogen-bond acceptors (Lipinski definition) is 4. The fourth-order valence-electron chi connectivity index (χ4n) is 3.27. The van der Waals surface area contributed by atoms with Crippen LogP contribution < -0.4 is 10.6 Å². The average molecular weight is 339 g/mol. The van der Waals surface area contributed by atoms with E-state index in [-0.39, 0.29) is 17.5 Å². The molecule has 1 aromatic carbocycles. The van der Waals surface area contributed by atoms with Crippen molar-refractivity contribution in [1.29, 1.82) is 0 Å². The highest BCUT2D eigenvalue weighted by Gasteiger charge is 2.36. The fourth-order valence-corrected chi connectivity index (χ4v) is 3.39. The van der Waals surface area contributed by atoms with Crippen LogP contribution >= 0.6 is 11.6 Å². The number of halogens is 1. The van der Waals surface area contributed by atoms with Gasteiger partial charge in [-0.2, -0.15) is 0 Å².